The van der Waals surface area contributed by atoms with Crippen molar-refractivity contribution < 1.29 is 8.42 Å². The summed E-state index contributed by atoms with van der Waals surface area (Å²) < 4.78 is 28.0. The minimum atomic E-state index is -3.30. The zero-order valence-corrected chi connectivity index (χ0v) is 18.2. The number of piperidine rings is 1. The molecule has 0 radical (unpaired) electrons. The summed E-state index contributed by atoms with van der Waals surface area (Å²) in [7, 11) is -3.30. The number of hydrogen-bond acceptors (Lipinski definition) is 6. The highest BCUT2D eigenvalue weighted by molar-refractivity contribution is 7.89. The molecule has 0 amide bonds. The molecule has 1 atom stereocenters. The fraction of sp³-hybridized carbons (Fsp3) is 0.474. The van der Waals surface area contributed by atoms with Gasteiger partial charge in [0.25, 0.3) is 5.56 Å². The summed E-state index contributed by atoms with van der Waals surface area (Å²) in [6, 6.07) is 7.38. The standard InChI is InChI=1S/C19H23ClN6O3S/c1-2-10-30(28,29)25-9-5-7-14(11-25)17-21-18-16(19(27)22-17)23-24-26(18)12-13-6-3-4-8-15(13)20/h3-4,6,8,14H,2,5,7,9-12H2,1H3,(H,21,22,27). The number of benzene rings is 1. The molecular weight excluding hydrogens is 428 g/mol. The fourth-order valence-corrected chi connectivity index (χ4v) is 5.56. The Kier molecular flexibility index (Phi) is 5.90. The maximum atomic E-state index is 12.6. The largest absolute Gasteiger partial charge is 0.308 e. The zero-order valence-electron chi connectivity index (χ0n) is 16.6. The molecule has 3 aromatic rings. The highest BCUT2D eigenvalue weighted by atomic mass is 35.5. The third-order valence-corrected chi connectivity index (χ3v) is 7.71. The molecule has 30 heavy (non-hydrogen) atoms. The molecule has 160 valence electrons. The van der Waals surface area contributed by atoms with Crippen molar-refractivity contribution in [3.8, 4) is 0 Å². The molecule has 3 heterocycles. The second kappa shape index (κ2) is 8.44. The molecule has 4 rings (SSSR count). The number of aromatic amines is 1. The Labute approximate surface area is 179 Å². The lowest BCUT2D eigenvalue weighted by Gasteiger charge is -2.31. The number of fused-ring (bicyclic) bond motifs is 1. The van der Waals surface area contributed by atoms with Crippen LogP contribution in [0.3, 0.4) is 0 Å². The van der Waals surface area contributed by atoms with Gasteiger partial charge < -0.3 is 4.98 Å². The lowest BCUT2D eigenvalue weighted by atomic mass is 9.99. The molecule has 1 saturated heterocycles. The van der Waals surface area contributed by atoms with Gasteiger partial charge in [-0.1, -0.05) is 41.9 Å². The van der Waals surface area contributed by atoms with E-state index in [2.05, 4.69) is 20.3 Å². The average Bonchev–Trinajstić information content (AvgIpc) is 3.13. The van der Waals surface area contributed by atoms with Crippen LogP contribution in [0.5, 0.6) is 0 Å². The molecule has 0 spiro atoms. The maximum Gasteiger partial charge on any atom is 0.281 e. The highest BCUT2D eigenvalue weighted by Crippen LogP contribution is 2.27. The summed E-state index contributed by atoms with van der Waals surface area (Å²) in [6.07, 6.45) is 2.03. The van der Waals surface area contributed by atoms with Crippen molar-refractivity contribution in [2.45, 2.75) is 38.6 Å². The first-order valence-corrected chi connectivity index (χ1v) is 11.9. The Morgan fingerprint density at radius 1 is 1.30 bits per heavy atom. The van der Waals surface area contributed by atoms with Crippen LogP contribution in [0, 0.1) is 0 Å². The van der Waals surface area contributed by atoms with Crippen LogP contribution in [-0.2, 0) is 16.6 Å². The lowest BCUT2D eigenvalue weighted by molar-refractivity contribution is 0.309. The summed E-state index contributed by atoms with van der Waals surface area (Å²) in [5.74, 6) is 0.398. The number of aromatic nitrogens is 5. The molecule has 0 saturated carbocycles. The lowest BCUT2D eigenvalue weighted by Crippen LogP contribution is -2.41. The Morgan fingerprint density at radius 2 is 2.10 bits per heavy atom. The van der Waals surface area contributed by atoms with E-state index in [1.54, 1.807) is 10.7 Å². The Bertz CT molecular complexity index is 1220. The van der Waals surface area contributed by atoms with Crippen molar-refractivity contribution in [3.63, 3.8) is 0 Å². The first-order chi connectivity index (χ1) is 14.4. The molecule has 1 N–H and O–H groups in total. The van der Waals surface area contributed by atoms with Crippen LogP contribution in [0.25, 0.3) is 11.2 Å². The van der Waals surface area contributed by atoms with Gasteiger partial charge in [0, 0.05) is 24.0 Å². The fourth-order valence-electron chi connectivity index (χ4n) is 3.78. The van der Waals surface area contributed by atoms with Gasteiger partial charge in [0.15, 0.2) is 11.2 Å². The van der Waals surface area contributed by atoms with Gasteiger partial charge in [-0.15, -0.1) is 5.10 Å². The van der Waals surface area contributed by atoms with Gasteiger partial charge in [0.1, 0.15) is 5.82 Å². The molecule has 2 aromatic heterocycles. The van der Waals surface area contributed by atoms with Crippen molar-refractivity contribution in [2.75, 3.05) is 18.8 Å². The minimum absolute atomic E-state index is 0.122. The molecule has 9 nitrogen and oxygen atoms in total. The topological polar surface area (TPSA) is 114 Å². The van der Waals surface area contributed by atoms with Crippen LogP contribution in [0.2, 0.25) is 5.02 Å². The highest BCUT2D eigenvalue weighted by Gasteiger charge is 2.30. The van der Waals surface area contributed by atoms with Crippen LogP contribution >= 0.6 is 11.6 Å². The normalized spacial score (nSPS) is 18.1. The number of sulfonamides is 1. The van der Waals surface area contributed by atoms with Gasteiger partial charge in [-0.05, 0) is 30.9 Å². The monoisotopic (exact) mass is 450 g/mol. The van der Waals surface area contributed by atoms with E-state index in [4.69, 9.17) is 11.6 Å². The molecule has 1 aliphatic heterocycles. The Balaban J connectivity index is 1.67. The van der Waals surface area contributed by atoms with E-state index >= 15 is 0 Å². The van der Waals surface area contributed by atoms with E-state index in [-0.39, 0.29) is 22.7 Å². The van der Waals surface area contributed by atoms with E-state index in [0.29, 0.717) is 49.0 Å². The number of hydrogen-bond donors (Lipinski definition) is 1. The third-order valence-electron chi connectivity index (χ3n) is 5.30. The van der Waals surface area contributed by atoms with Crippen LogP contribution in [0.1, 0.15) is 43.5 Å². The van der Waals surface area contributed by atoms with E-state index in [0.717, 1.165) is 12.0 Å². The molecule has 1 fully saturated rings. The molecular formula is C19H23ClN6O3S. The van der Waals surface area contributed by atoms with E-state index in [1.165, 1.54) is 4.31 Å². The minimum Gasteiger partial charge on any atom is -0.308 e. The number of halogens is 1. The predicted molar refractivity (Wildman–Crippen MR) is 114 cm³/mol. The summed E-state index contributed by atoms with van der Waals surface area (Å²) in [5, 5.41) is 8.64. The number of H-pyrrole nitrogens is 1. The summed E-state index contributed by atoms with van der Waals surface area (Å²) in [4.78, 5) is 20.0. The van der Waals surface area contributed by atoms with Crippen molar-refractivity contribution in [1.29, 1.82) is 0 Å². The van der Waals surface area contributed by atoms with Crippen LogP contribution in [0.4, 0.5) is 0 Å². The molecule has 0 bridgehead atoms. The third kappa shape index (κ3) is 4.12. The molecule has 1 aromatic carbocycles. The Hall–Kier alpha value is -2.30. The quantitative estimate of drug-likeness (QED) is 0.615. The second-order valence-electron chi connectivity index (χ2n) is 7.48. The molecule has 1 aliphatic rings. The Morgan fingerprint density at radius 3 is 2.87 bits per heavy atom. The van der Waals surface area contributed by atoms with Crippen LogP contribution < -0.4 is 5.56 Å². The summed E-state index contributed by atoms with van der Waals surface area (Å²) >= 11 is 6.25. The van der Waals surface area contributed by atoms with E-state index in [1.807, 2.05) is 25.1 Å². The van der Waals surface area contributed by atoms with Gasteiger partial charge in [0.2, 0.25) is 10.0 Å². The molecule has 11 heteroatoms. The number of nitrogens with one attached hydrogen (secondary N) is 1. The van der Waals surface area contributed by atoms with Gasteiger partial charge in [0.05, 0.1) is 12.3 Å². The smallest absolute Gasteiger partial charge is 0.281 e. The zero-order chi connectivity index (χ0) is 21.3. The summed E-state index contributed by atoms with van der Waals surface area (Å²) in [6.45, 7) is 2.98. The van der Waals surface area contributed by atoms with Gasteiger partial charge >= 0.3 is 0 Å². The van der Waals surface area contributed by atoms with E-state index in [9.17, 15) is 13.2 Å². The first kappa shape index (κ1) is 21.0. The SMILES string of the molecule is CCCS(=O)(=O)N1CCCC(c2nc3c(nnn3Cc3ccccc3Cl)c(=O)[nH]2)C1. The van der Waals surface area contributed by atoms with Gasteiger partial charge in [-0.2, -0.15) is 0 Å². The van der Waals surface area contributed by atoms with Crippen molar-refractivity contribution >= 4 is 32.8 Å². The number of nitrogens with zero attached hydrogens (tertiary/aromatic N) is 5. The number of rotatable bonds is 6. The first-order valence-electron chi connectivity index (χ1n) is 9.93. The van der Waals surface area contributed by atoms with Crippen LogP contribution in [0.15, 0.2) is 29.1 Å². The maximum absolute atomic E-state index is 12.6. The molecule has 0 aliphatic carbocycles. The van der Waals surface area contributed by atoms with Crippen molar-refractivity contribution in [3.05, 3.63) is 51.0 Å². The van der Waals surface area contributed by atoms with Gasteiger partial charge in [-0.25, -0.2) is 22.4 Å². The predicted octanol–water partition coefficient (Wildman–Crippen LogP) is 2.14. The average molecular weight is 451 g/mol. The van der Waals surface area contributed by atoms with Crippen LogP contribution in [-0.4, -0.2) is 56.5 Å². The van der Waals surface area contributed by atoms with Crippen molar-refractivity contribution in [2.24, 2.45) is 0 Å². The summed E-state index contributed by atoms with van der Waals surface area (Å²) in [5.41, 5.74) is 0.970. The van der Waals surface area contributed by atoms with Crippen molar-refractivity contribution in [1.82, 2.24) is 29.3 Å². The molecule has 1 unspecified atom stereocenters. The van der Waals surface area contributed by atoms with Gasteiger partial charge in [-0.3, -0.25) is 4.79 Å². The van der Waals surface area contributed by atoms with E-state index < -0.39 is 10.0 Å². The second-order valence-corrected chi connectivity index (χ2v) is 9.97.